The summed E-state index contributed by atoms with van der Waals surface area (Å²) < 4.78 is 34.4. The van der Waals surface area contributed by atoms with Crippen molar-refractivity contribution in [2.75, 3.05) is 0 Å². The Bertz CT molecular complexity index is 1080. The molecule has 0 saturated carbocycles. The second-order valence-corrected chi connectivity index (χ2v) is 4.95. The first-order valence-corrected chi connectivity index (χ1v) is 6.50. The molecular formula is C15H9F2N3O2. The van der Waals surface area contributed by atoms with Crippen LogP contribution in [0.1, 0.15) is 5.56 Å². The zero-order valence-electron chi connectivity index (χ0n) is 11.3. The summed E-state index contributed by atoms with van der Waals surface area (Å²) in [6.45, 7) is 1.25. The number of H-pyrrole nitrogens is 2. The number of furan rings is 1. The molecule has 0 bridgehead atoms. The third-order valence-corrected chi connectivity index (χ3v) is 3.70. The van der Waals surface area contributed by atoms with Gasteiger partial charge in [0.25, 0.3) is 0 Å². The second-order valence-electron chi connectivity index (χ2n) is 4.95. The van der Waals surface area contributed by atoms with Crippen LogP contribution in [0.15, 0.2) is 33.8 Å². The number of pyridine rings is 1. The van der Waals surface area contributed by atoms with Gasteiger partial charge in [-0.05, 0) is 19.1 Å². The van der Waals surface area contributed by atoms with Gasteiger partial charge in [0.15, 0.2) is 17.2 Å². The number of benzene rings is 1. The van der Waals surface area contributed by atoms with E-state index in [0.717, 1.165) is 0 Å². The molecule has 1 aromatic carbocycles. The first kappa shape index (κ1) is 12.8. The Morgan fingerprint density at radius 3 is 2.77 bits per heavy atom. The molecule has 0 aliphatic carbocycles. The Hall–Kier alpha value is -2.96. The highest BCUT2D eigenvalue weighted by molar-refractivity contribution is 6.10. The molecule has 0 radical (unpaired) electrons. The summed E-state index contributed by atoms with van der Waals surface area (Å²) >= 11 is 0. The number of aromatic amines is 2. The molecular weight excluding hydrogens is 292 g/mol. The van der Waals surface area contributed by atoms with Crippen LogP contribution in [-0.2, 0) is 0 Å². The van der Waals surface area contributed by atoms with E-state index in [1.165, 1.54) is 19.4 Å². The molecule has 0 aliphatic heterocycles. The Labute approximate surface area is 121 Å². The van der Waals surface area contributed by atoms with Crippen molar-refractivity contribution in [1.82, 2.24) is 15.2 Å². The van der Waals surface area contributed by atoms with E-state index in [0.29, 0.717) is 11.0 Å². The summed E-state index contributed by atoms with van der Waals surface area (Å²) in [5, 5.41) is 5.53. The van der Waals surface area contributed by atoms with Crippen LogP contribution in [0.5, 0.6) is 0 Å². The molecule has 3 aromatic heterocycles. The number of hydrogen-bond donors (Lipinski definition) is 2. The van der Waals surface area contributed by atoms with E-state index in [1.54, 1.807) is 12.1 Å². The predicted octanol–water partition coefficient (Wildman–Crippen LogP) is 3.25. The predicted molar refractivity (Wildman–Crippen MR) is 76.6 cm³/mol. The van der Waals surface area contributed by atoms with Crippen molar-refractivity contribution in [3.05, 3.63) is 52.0 Å². The molecule has 7 heteroatoms. The lowest BCUT2D eigenvalue weighted by Gasteiger charge is -2.08. The first-order valence-electron chi connectivity index (χ1n) is 6.50. The highest BCUT2D eigenvalue weighted by atomic mass is 19.1. The molecule has 22 heavy (non-hydrogen) atoms. The Morgan fingerprint density at radius 1 is 1.23 bits per heavy atom. The number of fused-ring (bicyclic) bond motifs is 3. The minimum absolute atomic E-state index is 0.0648. The molecule has 0 amide bonds. The Balaban J connectivity index is 2.36. The maximum Gasteiger partial charge on any atom is 0.220 e. The minimum Gasteiger partial charge on any atom is -0.463 e. The van der Waals surface area contributed by atoms with E-state index in [9.17, 15) is 13.6 Å². The van der Waals surface area contributed by atoms with Crippen molar-refractivity contribution in [2.24, 2.45) is 0 Å². The van der Waals surface area contributed by atoms with Crippen LogP contribution in [-0.4, -0.2) is 15.2 Å². The zero-order chi connectivity index (χ0) is 15.4. The van der Waals surface area contributed by atoms with Crippen LogP contribution < -0.4 is 5.43 Å². The van der Waals surface area contributed by atoms with Crippen LogP contribution in [0.4, 0.5) is 8.78 Å². The molecule has 3 heterocycles. The van der Waals surface area contributed by atoms with Gasteiger partial charge >= 0.3 is 0 Å². The number of rotatable bonds is 1. The monoisotopic (exact) mass is 301 g/mol. The minimum atomic E-state index is -0.998. The molecule has 0 atom stereocenters. The van der Waals surface area contributed by atoms with E-state index < -0.39 is 17.1 Å². The number of halogens is 2. The maximum atomic E-state index is 14.7. The fraction of sp³-hybridized carbons (Fsp3) is 0.0667. The summed E-state index contributed by atoms with van der Waals surface area (Å²) in [5.41, 5.74) is -0.786. The number of aromatic nitrogens is 3. The average molecular weight is 301 g/mol. The van der Waals surface area contributed by atoms with Crippen molar-refractivity contribution in [1.29, 1.82) is 0 Å². The largest absolute Gasteiger partial charge is 0.463 e. The number of hydrogen-bond acceptors (Lipinski definition) is 3. The second kappa shape index (κ2) is 4.27. The Morgan fingerprint density at radius 2 is 2.05 bits per heavy atom. The Kier molecular flexibility index (Phi) is 2.47. The van der Waals surface area contributed by atoms with Crippen LogP contribution in [0, 0.1) is 18.6 Å². The van der Waals surface area contributed by atoms with E-state index in [4.69, 9.17) is 4.42 Å². The van der Waals surface area contributed by atoms with Gasteiger partial charge in [-0.3, -0.25) is 9.89 Å². The molecule has 0 fully saturated rings. The highest BCUT2D eigenvalue weighted by Gasteiger charge is 2.23. The molecule has 110 valence electrons. The van der Waals surface area contributed by atoms with Crippen LogP contribution >= 0.6 is 0 Å². The third-order valence-electron chi connectivity index (χ3n) is 3.70. The molecule has 0 aliphatic rings. The van der Waals surface area contributed by atoms with Crippen LogP contribution in [0.25, 0.3) is 33.3 Å². The van der Waals surface area contributed by atoms with Crippen molar-refractivity contribution >= 4 is 21.8 Å². The van der Waals surface area contributed by atoms with Gasteiger partial charge in [-0.15, -0.1) is 0 Å². The standard InChI is InChI=1S/C15H9F2N3O2/c1-6-11(16)10-9(12(17)14(6)21)7-5-18-20-15(7)19-13(10)8-3-2-4-22-8/h2-5H,1H3,(H2,18,19,20). The van der Waals surface area contributed by atoms with Crippen molar-refractivity contribution < 1.29 is 13.2 Å². The third kappa shape index (κ3) is 1.50. The van der Waals surface area contributed by atoms with Crippen molar-refractivity contribution in [3.8, 4) is 11.5 Å². The van der Waals surface area contributed by atoms with Gasteiger partial charge in [-0.1, -0.05) is 0 Å². The summed E-state index contributed by atoms with van der Waals surface area (Å²) in [7, 11) is 0. The summed E-state index contributed by atoms with van der Waals surface area (Å²) in [6.07, 6.45) is 2.85. The van der Waals surface area contributed by atoms with Crippen molar-refractivity contribution in [2.45, 2.75) is 6.92 Å². The van der Waals surface area contributed by atoms with Gasteiger partial charge < -0.3 is 9.52 Å². The quantitative estimate of drug-likeness (QED) is 0.566. The first-order chi connectivity index (χ1) is 10.6. The van der Waals surface area contributed by atoms with E-state index in [2.05, 4.69) is 15.2 Å². The van der Waals surface area contributed by atoms with Gasteiger partial charge in [0.05, 0.1) is 11.6 Å². The molecule has 0 saturated heterocycles. The fourth-order valence-electron chi connectivity index (χ4n) is 2.61. The molecule has 0 unspecified atom stereocenters. The smallest absolute Gasteiger partial charge is 0.220 e. The lowest BCUT2D eigenvalue weighted by Crippen LogP contribution is -2.14. The number of nitrogens with zero attached hydrogens (tertiary/aromatic N) is 1. The molecule has 2 N–H and O–H groups in total. The van der Waals surface area contributed by atoms with E-state index >= 15 is 0 Å². The van der Waals surface area contributed by atoms with E-state index in [-0.39, 0.29) is 27.8 Å². The lowest BCUT2D eigenvalue weighted by molar-refractivity contribution is 0.578. The normalized spacial score (nSPS) is 11.6. The van der Waals surface area contributed by atoms with E-state index in [1.807, 2.05) is 0 Å². The van der Waals surface area contributed by atoms with Crippen LogP contribution in [0.2, 0.25) is 0 Å². The SMILES string of the molecule is Cc1c(F)c2c(-c3ccco3)nc3[nH][nH]cc3c2c(F)c1=O. The molecule has 4 aromatic rings. The summed E-state index contributed by atoms with van der Waals surface area (Å²) in [5.74, 6) is -1.50. The summed E-state index contributed by atoms with van der Waals surface area (Å²) in [4.78, 5) is 16.2. The molecule has 0 spiro atoms. The molecule has 5 nitrogen and oxygen atoms in total. The zero-order valence-corrected chi connectivity index (χ0v) is 11.3. The van der Waals surface area contributed by atoms with Gasteiger partial charge in [0, 0.05) is 22.5 Å². The summed E-state index contributed by atoms with van der Waals surface area (Å²) in [6, 6.07) is 3.22. The molecule has 4 rings (SSSR count). The average Bonchev–Trinajstić information content (AvgIpc) is 3.19. The maximum absolute atomic E-state index is 14.7. The fourth-order valence-corrected chi connectivity index (χ4v) is 2.61. The van der Waals surface area contributed by atoms with Crippen LogP contribution in [0.3, 0.4) is 0 Å². The van der Waals surface area contributed by atoms with Crippen molar-refractivity contribution in [3.63, 3.8) is 0 Å². The van der Waals surface area contributed by atoms with Gasteiger partial charge in [-0.2, -0.15) is 0 Å². The van der Waals surface area contributed by atoms with Gasteiger partial charge in [0.1, 0.15) is 11.5 Å². The highest BCUT2D eigenvalue weighted by Crippen LogP contribution is 2.34. The van der Waals surface area contributed by atoms with Gasteiger partial charge in [0.2, 0.25) is 5.43 Å². The number of nitrogens with one attached hydrogen (secondary N) is 2. The van der Waals surface area contributed by atoms with Gasteiger partial charge in [-0.25, -0.2) is 13.8 Å². The lowest BCUT2D eigenvalue weighted by atomic mass is 10.0. The topological polar surface area (TPSA) is 74.7 Å².